The second-order valence-corrected chi connectivity index (χ2v) is 5.10. The Bertz CT molecular complexity index is 319. The van der Waals surface area contributed by atoms with E-state index < -0.39 is 27.3 Å². The SMILES string of the molecule is COC(=O)CS(=O)(=O)NC1(CO)CC1. The number of carbonyl (C=O) groups is 1. The molecule has 0 spiro atoms. The number of aliphatic hydroxyl groups is 1. The van der Waals surface area contributed by atoms with E-state index in [0.29, 0.717) is 12.8 Å². The number of hydrogen-bond acceptors (Lipinski definition) is 5. The van der Waals surface area contributed by atoms with E-state index in [9.17, 15) is 13.2 Å². The summed E-state index contributed by atoms with van der Waals surface area (Å²) < 4.78 is 29.1. The van der Waals surface area contributed by atoms with E-state index in [2.05, 4.69) is 9.46 Å². The largest absolute Gasteiger partial charge is 0.468 e. The Kier molecular flexibility index (Phi) is 3.13. The third-order valence-electron chi connectivity index (χ3n) is 2.06. The van der Waals surface area contributed by atoms with Gasteiger partial charge in [0.15, 0.2) is 5.75 Å². The Morgan fingerprint density at radius 1 is 1.57 bits per heavy atom. The first-order valence-corrected chi connectivity index (χ1v) is 5.78. The van der Waals surface area contributed by atoms with Crippen LogP contribution in [0.25, 0.3) is 0 Å². The smallest absolute Gasteiger partial charge is 0.322 e. The van der Waals surface area contributed by atoms with E-state index >= 15 is 0 Å². The molecule has 82 valence electrons. The zero-order chi connectivity index (χ0) is 10.8. The molecule has 14 heavy (non-hydrogen) atoms. The van der Waals surface area contributed by atoms with Crippen LogP contribution in [0.2, 0.25) is 0 Å². The van der Waals surface area contributed by atoms with Gasteiger partial charge in [-0.05, 0) is 12.8 Å². The molecule has 1 rings (SSSR count). The molecule has 7 heteroatoms. The van der Waals surface area contributed by atoms with Crippen molar-refractivity contribution in [3.63, 3.8) is 0 Å². The van der Waals surface area contributed by atoms with E-state index in [-0.39, 0.29) is 6.61 Å². The monoisotopic (exact) mass is 223 g/mol. The van der Waals surface area contributed by atoms with Gasteiger partial charge in [0.2, 0.25) is 10.0 Å². The summed E-state index contributed by atoms with van der Waals surface area (Å²) in [5, 5.41) is 8.87. The normalized spacial score (nSPS) is 19.0. The summed E-state index contributed by atoms with van der Waals surface area (Å²) in [7, 11) is -2.56. The first-order chi connectivity index (χ1) is 6.43. The molecule has 1 aliphatic rings. The van der Waals surface area contributed by atoms with Crippen LogP contribution < -0.4 is 4.72 Å². The molecule has 0 unspecified atom stereocenters. The second kappa shape index (κ2) is 3.84. The van der Waals surface area contributed by atoms with Gasteiger partial charge in [-0.3, -0.25) is 4.79 Å². The Balaban J connectivity index is 2.54. The van der Waals surface area contributed by atoms with Crippen LogP contribution in [-0.4, -0.2) is 44.5 Å². The zero-order valence-corrected chi connectivity index (χ0v) is 8.63. The lowest BCUT2D eigenvalue weighted by Gasteiger charge is -2.13. The van der Waals surface area contributed by atoms with Gasteiger partial charge in [-0.15, -0.1) is 0 Å². The zero-order valence-electron chi connectivity index (χ0n) is 7.82. The summed E-state index contributed by atoms with van der Waals surface area (Å²) >= 11 is 0. The number of carbonyl (C=O) groups excluding carboxylic acids is 1. The summed E-state index contributed by atoms with van der Waals surface area (Å²) in [5.74, 6) is -1.52. The number of esters is 1. The first-order valence-electron chi connectivity index (χ1n) is 4.12. The number of sulfonamides is 1. The molecule has 1 saturated carbocycles. The molecule has 6 nitrogen and oxygen atoms in total. The summed E-state index contributed by atoms with van der Waals surface area (Å²) in [6.45, 7) is -0.243. The number of nitrogens with one attached hydrogen (secondary N) is 1. The molecule has 0 heterocycles. The van der Waals surface area contributed by atoms with Crippen molar-refractivity contribution in [2.45, 2.75) is 18.4 Å². The summed E-state index contributed by atoms with van der Waals surface area (Å²) in [5.41, 5.74) is -0.729. The standard InChI is InChI=1S/C7H13NO5S/c1-13-6(10)4-14(11,12)8-7(5-9)2-3-7/h8-9H,2-5H2,1H3. The van der Waals surface area contributed by atoms with Crippen molar-refractivity contribution < 1.29 is 23.1 Å². The summed E-state index contributed by atoms with van der Waals surface area (Å²) in [4.78, 5) is 10.7. The highest BCUT2D eigenvalue weighted by Gasteiger charge is 2.45. The van der Waals surface area contributed by atoms with Gasteiger partial charge in [0.25, 0.3) is 0 Å². The van der Waals surface area contributed by atoms with Gasteiger partial charge >= 0.3 is 5.97 Å². The molecular formula is C7H13NO5S. The van der Waals surface area contributed by atoms with E-state index in [4.69, 9.17) is 5.11 Å². The van der Waals surface area contributed by atoms with Crippen molar-refractivity contribution in [3.05, 3.63) is 0 Å². The molecule has 0 aliphatic heterocycles. The quantitative estimate of drug-likeness (QED) is 0.559. The Morgan fingerprint density at radius 2 is 2.14 bits per heavy atom. The lowest BCUT2D eigenvalue weighted by atomic mass is 10.3. The maximum Gasteiger partial charge on any atom is 0.322 e. The summed E-state index contributed by atoms with van der Waals surface area (Å²) in [6, 6.07) is 0. The fourth-order valence-corrected chi connectivity index (χ4v) is 2.45. The maximum absolute atomic E-state index is 11.3. The molecule has 2 N–H and O–H groups in total. The van der Waals surface area contributed by atoms with E-state index in [0.717, 1.165) is 7.11 Å². The van der Waals surface area contributed by atoms with Crippen LogP contribution in [0, 0.1) is 0 Å². The Hall–Kier alpha value is -0.660. The van der Waals surface area contributed by atoms with Gasteiger partial charge in [-0.25, -0.2) is 13.1 Å². The Morgan fingerprint density at radius 3 is 2.50 bits per heavy atom. The molecule has 1 fully saturated rings. The molecule has 1 aliphatic carbocycles. The maximum atomic E-state index is 11.3. The Labute approximate surface area is 82.3 Å². The molecule has 0 bridgehead atoms. The van der Waals surface area contributed by atoms with Crippen LogP contribution in [0.15, 0.2) is 0 Å². The number of aliphatic hydroxyl groups excluding tert-OH is 1. The van der Waals surface area contributed by atoms with Crippen molar-refractivity contribution >= 4 is 16.0 Å². The number of rotatable bonds is 5. The lowest BCUT2D eigenvalue weighted by molar-refractivity contribution is -0.137. The van der Waals surface area contributed by atoms with Crippen molar-refractivity contribution in [2.75, 3.05) is 19.5 Å². The van der Waals surface area contributed by atoms with Gasteiger partial charge in [0.05, 0.1) is 19.3 Å². The van der Waals surface area contributed by atoms with E-state index in [1.165, 1.54) is 0 Å². The highest BCUT2D eigenvalue weighted by atomic mass is 32.2. The highest BCUT2D eigenvalue weighted by Crippen LogP contribution is 2.35. The minimum Gasteiger partial charge on any atom is -0.468 e. The average Bonchev–Trinajstić information content (AvgIpc) is 2.83. The van der Waals surface area contributed by atoms with Crippen LogP contribution >= 0.6 is 0 Å². The third kappa shape index (κ3) is 2.93. The highest BCUT2D eigenvalue weighted by molar-refractivity contribution is 7.90. The minimum absolute atomic E-state index is 0.243. The van der Waals surface area contributed by atoms with Gasteiger partial charge < -0.3 is 9.84 Å². The van der Waals surface area contributed by atoms with Crippen LogP contribution in [0.1, 0.15) is 12.8 Å². The third-order valence-corrected chi connectivity index (χ3v) is 3.42. The first kappa shape index (κ1) is 11.4. The lowest BCUT2D eigenvalue weighted by Crippen LogP contribution is -2.42. The predicted octanol–water partition coefficient (Wildman–Crippen LogP) is -1.40. The molecular weight excluding hydrogens is 210 g/mol. The van der Waals surface area contributed by atoms with Gasteiger partial charge in [-0.2, -0.15) is 0 Å². The molecule has 0 radical (unpaired) electrons. The van der Waals surface area contributed by atoms with E-state index in [1.807, 2.05) is 0 Å². The van der Waals surface area contributed by atoms with Crippen LogP contribution in [0.3, 0.4) is 0 Å². The van der Waals surface area contributed by atoms with Crippen molar-refractivity contribution in [2.24, 2.45) is 0 Å². The minimum atomic E-state index is -3.68. The van der Waals surface area contributed by atoms with Gasteiger partial charge in [-0.1, -0.05) is 0 Å². The van der Waals surface area contributed by atoms with Crippen LogP contribution in [0.4, 0.5) is 0 Å². The topological polar surface area (TPSA) is 92.7 Å². The van der Waals surface area contributed by atoms with Gasteiger partial charge in [0, 0.05) is 0 Å². The molecule has 0 saturated heterocycles. The van der Waals surface area contributed by atoms with Crippen LogP contribution in [-0.2, 0) is 19.6 Å². The molecule has 0 amide bonds. The van der Waals surface area contributed by atoms with Gasteiger partial charge in [0.1, 0.15) is 0 Å². The van der Waals surface area contributed by atoms with Crippen molar-refractivity contribution in [1.82, 2.24) is 4.72 Å². The summed E-state index contributed by atoms with van der Waals surface area (Å²) in [6.07, 6.45) is 1.20. The predicted molar refractivity (Wildman–Crippen MR) is 48.0 cm³/mol. The second-order valence-electron chi connectivity index (χ2n) is 3.38. The molecule has 0 aromatic heterocycles. The fourth-order valence-electron chi connectivity index (χ4n) is 1.02. The average molecular weight is 223 g/mol. The molecule has 0 aromatic carbocycles. The number of hydrogen-bond donors (Lipinski definition) is 2. The van der Waals surface area contributed by atoms with E-state index in [1.54, 1.807) is 0 Å². The van der Waals surface area contributed by atoms with Crippen molar-refractivity contribution in [1.29, 1.82) is 0 Å². The molecule has 0 aromatic rings. The van der Waals surface area contributed by atoms with Crippen molar-refractivity contribution in [3.8, 4) is 0 Å². The number of methoxy groups -OCH3 is 1. The molecule has 0 atom stereocenters. The van der Waals surface area contributed by atoms with Crippen LogP contribution in [0.5, 0.6) is 0 Å². The number of ether oxygens (including phenoxy) is 1. The fraction of sp³-hybridized carbons (Fsp3) is 0.857.